The minimum Gasteiger partial charge on any atom is -0.457 e. The van der Waals surface area contributed by atoms with Crippen molar-refractivity contribution in [3.8, 4) is 11.5 Å². The zero-order valence-electron chi connectivity index (χ0n) is 10.9. The molecule has 0 radical (unpaired) electrons. The molecule has 0 saturated heterocycles. The van der Waals surface area contributed by atoms with Gasteiger partial charge in [-0.05, 0) is 24.2 Å². The summed E-state index contributed by atoms with van der Waals surface area (Å²) in [5.74, 6) is -1.77. The molecule has 0 saturated carbocycles. The number of halogens is 3. The van der Waals surface area contributed by atoms with Crippen molar-refractivity contribution in [3.63, 3.8) is 0 Å². The lowest BCUT2D eigenvalue weighted by molar-refractivity contribution is 0.462. The molecule has 2 rings (SSSR count). The summed E-state index contributed by atoms with van der Waals surface area (Å²) in [4.78, 5) is 0. The number of hydrogen-bond donors (Lipinski definition) is 1. The van der Waals surface area contributed by atoms with E-state index in [9.17, 15) is 13.2 Å². The maximum Gasteiger partial charge on any atom is 0.133 e. The topological polar surface area (TPSA) is 21.3 Å². The van der Waals surface area contributed by atoms with Gasteiger partial charge in [-0.15, -0.1) is 0 Å². The van der Waals surface area contributed by atoms with Gasteiger partial charge in [0.15, 0.2) is 0 Å². The van der Waals surface area contributed by atoms with Gasteiger partial charge in [0.05, 0.1) is 0 Å². The molecule has 0 heterocycles. The van der Waals surface area contributed by atoms with Crippen LogP contribution >= 0.6 is 0 Å². The number of ether oxygens (including phenoxy) is 1. The summed E-state index contributed by atoms with van der Waals surface area (Å²) in [7, 11) is 0. The average Bonchev–Trinajstić information content (AvgIpc) is 2.34. The molecule has 0 bridgehead atoms. The number of nitrogens with one attached hydrogen (secondary N) is 1. The predicted octanol–water partition coefficient (Wildman–Crippen LogP) is 4.01. The van der Waals surface area contributed by atoms with Crippen molar-refractivity contribution in [2.45, 2.75) is 13.5 Å². The standard InChI is InChI=1S/C15H14F3NO/c1-2-19-9-10-3-11(16)6-14(4-10)20-15-7-12(17)5-13(18)8-15/h3-8,19H,2,9H2,1H3. The second kappa shape index (κ2) is 6.43. The Morgan fingerprint density at radius 3 is 2.00 bits per heavy atom. The first kappa shape index (κ1) is 14.4. The Kier molecular flexibility index (Phi) is 4.63. The Morgan fingerprint density at radius 2 is 1.40 bits per heavy atom. The van der Waals surface area contributed by atoms with E-state index in [2.05, 4.69) is 5.32 Å². The van der Waals surface area contributed by atoms with E-state index >= 15 is 0 Å². The zero-order valence-corrected chi connectivity index (χ0v) is 10.9. The van der Waals surface area contributed by atoms with E-state index in [0.29, 0.717) is 12.1 Å². The molecule has 0 fully saturated rings. The van der Waals surface area contributed by atoms with Crippen LogP contribution < -0.4 is 10.1 Å². The van der Waals surface area contributed by atoms with E-state index in [1.165, 1.54) is 6.07 Å². The fraction of sp³-hybridized carbons (Fsp3) is 0.200. The molecule has 2 nitrogen and oxygen atoms in total. The van der Waals surface area contributed by atoms with E-state index in [4.69, 9.17) is 4.74 Å². The molecule has 20 heavy (non-hydrogen) atoms. The molecule has 2 aromatic rings. The summed E-state index contributed by atoms with van der Waals surface area (Å²) in [6.07, 6.45) is 0. The highest BCUT2D eigenvalue weighted by atomic mass is 19.1. The highest BCUT2D eigenvalue weighted by Crippen LogP contribution is 2.25. The third-order valence-electron chi connectivity index (χ3n) is 2.58. The van der Waals surface area contributed by atoms with Gasteiger partial charge >= 0.3 is 0 Å². The van der Waals surface area contributed by atoms with E-state index in [-0.39, 0.29) is 11.5 Å². The molecule has 1 N–H and O–H groups in total. The number of rotatable bonds is 5. The van der Waals surface area contributed by atoms with Crippen molar-refractivity contribution in [2.24, 2.45) is 0 Å². The van der Waals surface area contributed by atoms with Crippen molar-refractivity contribution >= 4 is 0 Å². The molecule has 2 aromatic carbocycles. The second-order valence-corrected chi connectivity index (χ2v) is 4.28. The fourth-order valence-electron chi connectivity index (χ4n) is 1.77. The molecule has 5 heteroatoms. The van der Waals surface area contributed by atoms with E-state index in [1.54, 1.807) is 6.07 Å². The van der Waals surface area contributed by atoms with Gasteiger partial charge in [-0.2, -0.15) is 0 Å². The van der Waals surface area contributed by atoms with Gasteiger partial charge < -0.3 is 10.1 Å². The minimum atomic E-state index is -0.746. The molecule has 0 aromatic heterocycles. The lowest BCUT2D eigenvalue weighted by Crippen LogP contribution is -2.11. The number of hydrogen-bond acceptors (Lipinski definition) is 2. The third kappa shape index (κ3) is 3.99. The Hall–Kier alpha value is -2.01. The average molecular weight is 281 g/mol. The van der Waals surface area contributed by atoms with Gasteiger partial charge in [0.25, 0.3) is 0 Å². The largest absolute Gasteiger partial charge is 0.457 e. The van der Waals surface area contributed by atoms with Crippen LogP contribution in [-0.4, -0.2) is 6.54 Å². The van der Waals surface area contributed by atoms with Crippen LogP contribution in [0.5, 0.6) is 11.5 Å². The first-order chi connectivity index (χ1) is 9.56. The van der Waals surface area contributed by atoms with Crippen LogP contribution in [0.1, 0.15) is 12.5 Å². The Balaban J connectivity index is 2.21. The van der Waals surface area contributed by atoms with Crippen LogP contribution in [0.25, 0.3) is 0 Å². The monoisotopic (exact) mass is 281 g/mol. The molecule has 0 aliphatic rings. The quantitative estimate of drug-likeness (QED) is 0.894. The molecule has 0 spiro atoms. The molecule has 0 unspecified atom stereocenters. The van der Waals surface area contributed by atoms with Crippen LogP contribution in [0.3, 0.4) is 0 Å². The first-order valence-electron chi connectivity index (χ1n) is 6.21. The molecule has 0 amide bonds. The Bertz CT molecular complexity index is 581. The van der Waals surface area contributed by atoms with Gasteiger partial charge in [-0.1, -0.05) is 6.92 Å². The lowest BCUT2D eigenvalue weighted by atomic mass is 10.2. The van der Waals surface area contributed by atoms with Gasteiger partial charge in [0.1, 0.15) is 29.0 Å². The SMILES string of the molecule is CCNCc1cc(F)cc(Oc2cc(F)cc(F)c2)c1. The third-order valence-corrected chi connectivity index (χ3v) is 2.58. The molecule has 0 aliphatic carbocycles. The maximum atomic E-state index is 13.5. The van der Waals surface area contributed by atoms with Gasteiger partial charge in [-0.3, -0.25) is 0 Å². The minimum absolute atomic E-state index is 0.0116. The van der Waals surface area contributed by atoms with Crippen molar-refractivity contribution in [1.29, 1.82) is 0 Å². The summed E-state index contributed by atoms with van der Waals surface area (Å²) in [6.45, 7) is 3.18. The summed E-state index contributed by atoms with van der Waals surface area (Å²) >= 11 is 0. The van der Waals surface area contributed by atoms with Crippen molar-refractivity contribution in [1.82, 2.24) is 5.32 Å². The van der Waals surface area contributed by atoms with Crippen LogP contribution in [-0.2, 0) is 6.54 Å². The summed E-state index contributed by atoms with van der Waals surface area (Å²) in [5.41, 5.74) is 0.693. The molecular weight excluding hydrogens is 267 g/mol. The first-order valence-corrected chi connectivity index (χ1v) is 6.21. The van der Waals surface area contributed by atoms with Gasteiger partial charge in [0, 0.05) is 30.8 Å². The molecule has 106 valence electrons. The van der Waals surface area contributed by atoms with Crippen LogP contribution in [0.15, 0.2) is 36.4 Å². The van der Waals surface area contributed by atoms with Crippen LogP contribution in [0, 0.1) is 17.5 Å². The van der Waals surface area contributed by atoms with Gasteiger partial charge in [0.2, 0.25) is 0 Å². The summed E-state index contributed by atoms with van der Waals surface area (Å²) < 4.78 is 44.9. The number of benzene rings is 2. The molecular formula is C15H14F3NO. The van der Waals surface area contributed by atoms with Gasteiger partial charge in [-0.25, -0.2) is 13.2 Å². The van der Waals surface area contributed by atoms with Crippen molar-refractivity contribution < 1.29 is 17.9 Å². The predicted molar refractivity (Wildman–Crippen MR) is 70.2 cm³/mol. The Morgan fingerprint density at radius 1 is 0.850 bits per heavy atom. The zero-order chi connectivity index (χ0) is 14.5. The van der Waals surface area contributed by atoms with Crippen molar-refractivity contribution in [3.05, 3.63) is 59.4 Å². The van der Waals surface area contributed by atoms with E-state index < -0.39 is 17.5 Å². The van der Waals surface area contributed by atoms with Crippen LogP contribution in [0.4, 0.5) is 13.2 Å². The highest BCUT2D eigenvalue weighted by Gasteiger charge is 2.06. The van der Waals surface area contributed by atoms with Crippen LogP contribution in [0.2, 0.25) is 0 Å². The molecule has 0 atom stereocenters. The lowest BCUT2D eigenvalue weighted by Gasteiger charge is -2.09. The normalized spacial score (nSPS) is 10.6. The van der Waals surface area contributed by atoms with Crippen molar-refractivity contribution in [2.75, 3.05) is 6.54 Å². The van der Waals surface area contributed by atoms with E-state index in [0.717, 1.165) is 30.8 Å². The summed E-state index contributed by atoms with van der Waals surface area (Å²) in [5, 5.41) is 3.06. The molecule has 0 aliphatic heterocycles. The smallest absolute Gasteiger partial charge is 0.133 e. The maximum absolute atomic E-state index is 13.5. The van der Waals surface area contributed by atoms with E-state index in [1.807, 2.05) is 6.92 Å². The summed E-state index contributed by atoms with van der Waals surface area (Å²) in [6, 6.07) is 6.99. The highest BCUT2D eigenvalue weighted by molar-refractivity contribution is 5.35. The second-order valence-electron chi connectivity index (χ2n) is 4.28. The fourth-order valence-corrected chi connectivity index (χ4v) is 1.77. The Labute approximate surface area is 115 Å².